The van der Waals surface area contributed by atoms with Crippen molar-refractivity contribution in [3.05, 3.63) is 34.1 Å². The number of rotatable bonds is 5. The highest BCUT2D eigenvalue weighted by molar-refractivity contribution is 9.10. The van der Waals surface area contributed by atoms with Crippen molar-refractivity contribution in [1.29, 1.82) is 0 Å². The van der Waals surface area contributed by atoms with E-state index in [1.807, 2.05) is 0 Å². The fourth-order valence-corrected chi connectivity index (χ4v) is 1.67. The van der Waals surface area contributed by atoms with Gasteiger partial charge in [-0.15, -0.1) is 0 Å². The van der Waals surface area contributed by atoms with E-state index in [1.165, 1.54) is 12.1 Å². The molecule has 0 spiro atoms. The summed E-state index contributed by atoms with van der Waals surface area (Å²) in [6.07, 6.45) is 0. The van der Waals surface area contributed by atoms with Crippen LogP contribution < -0.4 is 5.32 Å². The molecule has 5 nitrogen and oxygen atoms in total. The zero-order valence-electron chi connectivity index (χ0n) is 9.36. The van der Waals surface area contributed by atoms with Crippen LogP contribution in [0, 0.1) is 5.82 Å². The standard InChI is InChI=1S/C11H13BrFNO4/c12-9-2-1-7(13)3-8(9)10(18)14-11(4-15,5-16)6-17/h1-3,15-17H,4-6H2,(H,14,18). The first kappa shape index (κ1) is 15.0. The van der Waals surface area contributed by atoms with Crippen LogP contribution in [0.15, 0.2) is 22.7 Å². The Labute approximate surface area is 111 Å². The first-order chi connectivity index (χ1) is 8.48. The van der Waals surface area contributed by atoms with Crippen molar-refractivity contribution in [3.8, 4) is 0 Å². The number of aliphatic hydroxyl groups is 3. The van der Waals surface area contributed by atoms with E-state index in [4.69, 9.17) is 15.3 Å². The SMILES string of the molecule is O=C(NC(CO)(CO)CO)c1cc(F)ccc1Br. The molecule has 0 heterocycles. The second kappa shape index (κ2) is 6.24. The predicted molar refractivity (Wildman–Crippen MR) is 65.6 cm³/mol. The molecule has 0 aliphatic carbocycles. The van der Waals surface area contributed by atoms with Gasteiger partial charge in [0.05, 0.1) is 25.4 Å². The lowest BCUT2D eigenvalue weighted by molar-refractivity contribution is 0.0375. The second-order valence-electron chi connectivity index (χ2n) is 3.83. The molecule has 18 heavy (non-hydrogen) atoms. The Bertz CT molecular complexity index is 429. The molecule has 0 aromatic heterocycles. The lowest BCUT2D eigenvalue weighted by atomic mass is 10.0. The van der Waals surface area contributed by atoms with Crippen LogP contribution in [0.5, 0.6) is 0 Å². The van der Waals surface area contributed by atoms with Crippen LogP contribution >= 0.6 is 15.9 Å². The van der Waals surface area contributed by atoms with Crippen LogP contribution in [0.25, 0.3) is 0 Å². The number of carbonyl (C=O) groups excluding carboxylic acids is 1. The number of benzene rings is 1. The molecule has 0 saturated heterocycles. The van der Waals surface area contributed by atoms with Crippen molar-refractivity contribution in [3.63, 3.8) is 0 Å². The zero-order chi connectivity index (χ0) is 13.8. The summed E-state index contributed by atoms with van der Waals surface area (Å²) in [5.74, 6) is -1.30. The van der Waals surface area contributed by atoms with Gasteiger partial charge in [-0.25, -0.2) is 4.39 Å². The predicted octanol–water partition coefficient (Wildman–Crippen LogP) is 0.0337. The molecule has 0 saturated carbocycles. The Morgan fingerprint density at radius 1 is 1.28 bits per heavy atom. The van der Waals surface area contributed by atoms with Crippen LogP contribution in [-0.2, 0) is 0 Å². The quantitative estimate of drug-likeness (QED) is 0.616. The highest BCUT2D eigenvalue weighted by Gasteiger charge is 2.30. The van der Waals surface area contributed by atoms with Crippen LogP contribution in [0.2, 0.25) is 0 Å². The molecular formula is C11H13BrFNO4. The molecule has 0 unspecified atom stereocenters. The molecule has 100 valence electrons. The van der Waals surface area contributed by atoms with E-state index in [-0.39, 0.29) is 5.56 Å². The first-order valence-electron chi connectivity index (χ1n) is 5.08. The Morgan fingerprint density at radius 2 is 1.83 bits per heavy atom. The summed E-state index contributed by atoms with van der Waals surface area (Å²) < 4.78 is 13.4. The fourth-order valence-electron chi connectivity index (χ4n) is 1.25. The minimum atomic E-state index is -1.54. The molecule has 4 N–H and O–H groups in total. The van der Waals surface area contributed by atoms with E-state index in [1.54, 1.807) is 0 Å². The number of aliphatic hydroxyl groups excluding tert-OH is 3. The van der Waals surface area contributed by atoms with Gasteiger partial charge in [-0.05, 0) is 34.1 Å². The topological polar surface area (TPSA) is 89.8 Å². The molecule has 0 radical (unpaired) electrons. The Hall–Kier alpha value is -1.02. The highest BCUT2D eigenvalue weighted by Crippen LogP contribution is 2.18. The highest BCUT2D eigenvalue weighted by atomic mass is 79.9. The van der Waals surface area contributed by atoms with Gasteiger partial charge in [0.15, 0.2) is 0 Å². The summed E-state index contributed by atoms with van der Waals surface area (Å²) in [7, 11) is 0. The van der Waals surface area contributed by atoms with Gasteiger partial charge in [0.2, 0.25) is 0 Å². The maximum absolute atomic E-state index is 13.0. The lowest BCUT2D eigenvalue weighted by Crippen LogP contribution is -2.57. The summed E-state index contributed by atoms with van der Waals surface area (Å²) in [5.41, 5.74) is -1.53. The number of hydrogen-bond donors (Lipinski definition) is 4. The normalized spacial score (nSPS) is 11.4. The van der Waals surface area contributed by atoms with Crippen LogP contribution in [0.1, 0.15) is 10.4 Å². The van der Waals surface area contributed by atoms with E-state index >= 15 is 0 Å². The minimum Gasteiger partial charge on any atom is -0.394 e. The van der Waals surface area contributed by atoms with E-state index < -0.39 is 37.1 Å². The Kier molecular flexibility index (Phi) is 5.21. The van der Waals surface area contributed by atoms with E-state index in [0.29, 0.717) is 4.47 Å². The van der Waals surface area contributed by atoms with E-state index in [0.717, 1.165) is 6.07 Å². The lowest BCUT2D eigenvalue weighted by Gasteiger charge is -2.28. The molecule has 0 atom stereocenters. The second-order valence-corrected chi connectivity index (χ2v) is 4.69. The molecule has 7 heteroatoms. The van der Waals surface area contributed by atoms with E-state index in [2.05, 4.69) is 21.2 Å². The van der Waals surface area contributed by atoms with Crippen molar-refractivity contribution < 1.29 is 24.5 Å². The molecule has 0 aliphatic heterocycles. The van der Waals surface area contributed by atoms with Gasteiger partial charge >= 0.3 is 0 Å². The molecule has 1 aromatic rings. The number of nitrogens with one attached hydrogen (secondary N) is 1. The van der Waals surface area contributed by atoms with Crippen molar-refractivity contribution in [1.82, 2.24) is 5.32 Å². The molecule has 1 aromatic carbocycles. The molecular weight excluding hydrogens is 309 g/mol. The van der Waals surface area contributed by atoms with Gasteiger partial charge in [-0.2, -0.15) is 0 Å². The van der Waals surface area contributed by atoms with Gasteiger partial charge in [0.1, 0.15) is 11.4 Å². The third-order valence-corrected chi connectivity index (χ3v) is 3.15. The van der Waals surface area contributed by atoms with Gasteiger partial charge in [0.25, 0.3) is 5.91 Å². The maximum Gasteiger partial charge on any atom is 0.253 e. The average molecular weight is 322 g/mol. The largest absolute Gasteiger partial charge is 0.394 e. The third-order valence-electron chi connectivity index (χ3n) is 2.46. The summed E-state index contributed by atoms with van der Waals surface area (Å²) in [4.78, 5) is 11.9. The first-order valence-corrected chi connectivity index (χ1v) is 5.87. The average Bonchev–Trinajstić information content (AvgIpc) is 2.38. The van der Waals surface area contributed by atoms with Crippen molar-refractivity contribution >= 4 is 21.8 Å². The van der Waals surface area contributed by atoms with Crippen LogP contribution in [-0.4, -0.2) is 46.6 Å². The zero-order valence-corrected chi connectivity index (χ0v) is 10.9. The summed E-state index contributed by atoms with van der Waals surface area (Å²) in [5, 5.41) is 29.5. The number of carbonyl (C=O) groups is 1. The van der Waals surface area contributed by atoms with Crippen molar-refractivity contribution in [2.45, 2.75) is 5.54 Å². The summed E-state index contributed by atoms with van der Waals surface area (Å²) in [6, 6.07) is 3.55. The minimum absolute atomic E-state index is 0.00900. The fraction of sp³-hybridized carbons (Fsp3) is 0.364. The monoisotopic (exact) mass is 321 g/mol. The number of hydrogen-bond acceptors (Lipinski definition) is 4. The van der Waals surface area contributed by atoms with Crippen molar-refractivity contribution in [2.24, 2.45) is 0 Å². The van der Waals surface area contributed by atoms with Gasteiger partial charge in [-0.1, -0.05) is 0 Å². The number of halogens is 2. The molecule has 1 rings (SSSR count). The van der Waals surface area contributed by atoms with Crippen LogP contribution in [0.4, 0.5) is 4.39 Å². The molecule has 0 aliphatic rings. The smallest absolute Gasteiger partial charge is 0.253 e. The summed E-state index contributed by atoms with van der Waals surface area (Å²) >= 11 is 3.09. The maximum atomic E-state index is 13.0. The molecule has 0 fully saturated rings. The van der Waals surface area contributed by atoms with Crippen LogP contribution in [0.3, 0.4) is 0 Å². The molecule has 1 amide bonds. The van der Waals surface area contributed by atoms with Gasteiger partial charge < -0.3 is 20.6 Å². The van der Waals surface area contributed by atoms with Gasteiger partial charge in [-0.3, -0.25) is 4.79 Å². The molecule has 0 bridgehead atoms. The Balaban J connectivity index is 2.97. The summed E-state index contributed by atoms with van der Waals surface area (Å²) in [6.45, 7) is -1.92. The van der Waals surface area contributed by atoms with E-state index in [9.17, 15) is 9.18 Å². The number of amides is 1. The van der Waals surface area contributed by atoms with Crippen molar-refractivity contribution in [2.75, 3.05) is 19.8 Å². The Morgan fingerprint density at radius 3 is 2.33 bits per heavy atom. The third kappa shape index (κ3) is 3.26. The van der Waals surface area contributed by atoms with Gasteiger partial charge in [0, 0.05) is 4.47 Å².